The molecule has 4 rings (SSSR count). The van der Waals surface area contributed by atoms with Gasteiger partial charge in [-0.15, -0.1) is 0 Å². The normalized spacial score (nSPS) is 30.5. The number of ether oxygens (including phenoxy) is 1. The van der Waals surface area contributed by atoms with Crippen molar-refractivity contribution < 1.29 is 9.53 Å². The largest absolute Gasteiger partial charge is 0.464 e. The highest BCUT2D eigenvalue weighted by molar-refractivity contribution is 9.10. The average molecular weight is 388 g/mol. The Morgan fingerprint density at radius 2 is 2.17 bits per heavy atom. The number of fused-ring (bicyclic) bond motifs is 3. The lowest BCUT2D eigenvalue weighted by atomic mass is 9.91. The fourth-order valence-corrected chi connectivity index (χ4v) is 4.23. The minimum Gasteiger partial charge on any atom is -0.464 e. The molecule has 0 saturated heterocycles. The third-order valence-electron chi connectivity index (χ3n) is 4.65. The lowest BCUT2D eigenvalue weighted by Gasteiger charge is -2.35. The van der Waals surface area contributed by atoms with E-state index in [0.717, 1.165) is 23.5 Å². The van der Waals surface area contributed by atoms with E-state index in [0.29, 0.717) is 6.61 Å². The van der Waals surface area contributed by atoms with Gasteiger partial charge >= 0.3 is 5.97 Å². The molecule has 0 amide bonds. The van der Waals surface area contributed by atoms with Gasteiger partial charge in [-0.25, -0.2) is 9.80 Å². The summed E-state index contributed by atoms with van der Waals surface area (Å²) >= 11 is 3.72. The topological polar surface area (TPSA) is 54.3 Å². The molecule has 3 aliphatic rings. The number of carbonyl (C=O) groups excluding carboxylic acids is 1. The van der Waals surface area contributed by atoms with Crippen LogP contribution in [-0.2, 0) is 9.53 Å². The van der Waals surface area contributed by atoms with E-state index in [1.165, 1.54) is 0 Å². The highest BCUT2D eigenvalue weighted by atomic mass is 79.9. The SMILES string of the molecule is CCOC(=O)C1N=C2C(Br)C(c3ccccc3)=NN2C2C=CCC12. The molecule has 1 aliphatic carbocycles. The lowest BCUT2D eigenvalue weighted by molar-refractivity contribution is -0.146. The molecule has 0 spiro atoms. The van der Waals surface area contributed by atoms with Crippen molar-refractivity contribution in [2.75, 3.05) is 6.61 Å². The van der Waals surface area contributed by atoms with Crippen molar-refractivity contribution in [3.8, 4) is 0 Å². The van der Waals surface area contributed by atoms with Crippen LogP contribution in [0.1, 0.15) is 18.9 Å². The molecule has 5 nitrogen and oxygen atoms in total. The van der Waals surface area contributed by atoms with Crippen LogP contribution >= 0.6 is 15.9 Å². The molecule has 124 valence electrons. The summed E-state index contributed by atoms with van der Waals surface area (Å²) in [5.74, 6) is 0.641. The van der Waals surface area contributed by atoms with E-state index in [4.69, 9.17) is 14.8 Å². The third kappa shape index (κ3) is 2.40. The van der Waals surface area contributed by atoms with E-state index in [2.05, 4.69) is 28.1 Å². The number of aliphatic imine (C=N–C) groups is 1. The molecule has 2 aliphatic heterocycles. The van der Waals surface area contributed by atoms with Gasteiger partial charge in [0.15, 0.2) is 6.04 Å². The van der Waals surface area contributed by atoms with Gasteiger partial charge in [-0.2, -0.15) is 5.10 Å². The fraction of sp³-hybridized carbons (Fsp3) is 0.389. The first-order valence-electron chi connectivity index (χ1n) is 8.19. The first kappa shape index (κ1) is 15.6. The number of hydrazone groups is 1. The quantitative estimate of drug-likeness (QED) is 0.455. The van der Waals surface area contributed by atoms with Crippen molar-refractivity contribution in [3.63, 3.8) is 0 Å². The third-order valence-corrected chi connectivity index (χ3v) is 5.50. The number of hydrogen-bond donors (Lipinski definition) is 0. The van der Waals surface area contributed by atoms with Crippen molar-refractivity contribution >= 4 is 33.4 Å². The van der Waals surface area contributed by atoms with Crippen LogP contribution in [0.3, 0.4) is 0 Å². The summed E-state index contributed by atoms with van der Waals surface area (Å²) in [4.78, 5) is 17.0. The Bertz CT molecular complexity index is 744. The van der Waals surface area contributed by atoms with Crippen molar-refractivity contribution in [2.45, 2.75) is 30.3 Å². The van der Waals surface area contributed by atoms with Crippen molar-refractivity contribution in [3.05, 3.63) is 48.0 Å². The van der Waals surface area contributed by atoms with Gasteiger partial charge in [0.1, 0.15) is 10.7 Å². The highest BCUT2D eigenvalue weighted by Crippen LogP contribution is 2.38. The van der Waals surface area contributed by atoms with Gasteiger partial charge in [-0.1, -0.05) is 58.4 Å². The van der Waals surface area contributed by atoms with Crippen molar-refractivity contribution in [1.29, 1.82) is 0 Å². The lowest BCUT2D eigenvalue weighted by Crippen LogP contribution is -2.50. The number of nitrogens with zero attached hydrogens (tertiary/aromatic N) is 3. The summed E-state index contributed by atoms with van der Waals surface area (Å²) in [5.41, 5.74) is 1.99. The predicted octanol–water partition coefficient (Wildman–Crippen LogP) is 2.76. The summed E-state index contributed by atoms with van der Waals surface area (Å²) in [7, 11) is 0. The number of hydrogen-bond acceptors (Lipinski definition) is 5. The zero-order chi connectivity index (χ0) is 16.7. The van der Waals surface area contributed by atoms with Crippen LogP contribution in [0, 0.1) is 5.92 Å². The molecule has 4 atom stereocenters. The molecule has 0 N–H and O–H groups in total. The summed E-state index contributed by atoms with van der Waals surface area (Å²) < 4.78 is 5.24. The second-order valence-corrected chi connectivity index (χ2v) is 6.98. The number of carbonyl (C=O) groups is 1. The van der Waals surface area contributed by atoms with Crippen LogP contribution in [0.4, 0.5) is 0 Å². The minimum atomic E-state index is -0.457. The number of allylic oxidation sites excluding steroid dienone is 1. The van der Waals surface area contributed by atoms with Crippen LogP contribution in [-0.4, -0.2) is 46.0 Å². The Kier molecular flexibility index (Phi) is 4.00. The van der Waals surface area contributed by atoms with E-state index in [9.17, 15) is 4.79 Å². The number of amidine groups is 1. The smallest absolute Gasteiger partial charge is 0.331 e. The summed E-state index contributed by atoms with van der Waals surface area (Å²) in [6.07, 6.45) is 5.06. The van der Waals surface area contributed by atoms with Gasteiger partial charge in [0.25, 0.3) is 0 Å². The zero-order valence-electron chi connectivity index (χ0n) is 13.3. The van der Waals surface area contributed by atoms with E-state index in [1.807, 2.05) is 42.3 Å². The summed E-state index contributed by atoms with van der Waals surface area (Å²) in [6, 6.07) is 9.66. The Labute approximate surface area is 149 Å². The molecule has 0 fully saturated rings. The summed E-state index contributed by atoms with van der Waals surface area (Å²) in [6.45, 7) is 2.20. The van der Waals surface area contributed by atoms with Crippen LogP contribution in [0.5, 0.6) is 0 Å². The average Bonchev–Trinajstić information content (AvgIpc) is 3.20. The first-order chi connectivity index (χ1) is 11.7. The molecule has 6 heteroatoms. The maximum Gasteiger partial charge on any atom is 0.331 e. The molecule has 0 aromatic heterocycles. The number of rotatable bonds is 3. The van der Waals surface area contributed by atoms with E-state index >= 15 is 0 Å². The molecule has 0 saturated carbocycles. The van der Waals surface area contributed by atoms with Crippen molar-refractivity contribution in [1.82, 2.24) is 5.01 Å². The first-order valence-corrected chi connectivity index (χ1v) is 9.10. The monoisotopic (exact) mass is 387 g/mol. The molecule has 1 aromatic carbocycles. The molecule has 24 heavy (non-hydrogen) atoms. The Hall–Kier alpha value is -1.95. The van der Waals surface area contributed by atoms with Crippen LogP contribution in [0.2, 0.25) is 0 Å². The second kappa shape index (κ2) is 6.16. The van der Waals surface area contributed by atoms with Gasteiger partial charge in [-0.05, 0) is 18.9 Å². The van der Waals surface area contributed by atoms with Crippen LogP contribution in [0.25, 0.3) is 0 Å². The molecule has 0 bridgehead atoms. The minimum absolute atomic E-state index is 0.0631. The van der Waals surface area contributed by atoms with Gasteiger partial charge in [0.2, 0.25) is 0 Å². The van der Waals surface area contributed by atoms with Crippen LogP contribution in [0.15, 0.2) is 52.6 Å². The van der Waals surface area contributed by atoms with E-state index in [1.54, 1.807) is 0 Å². The van der Waals surface area contributed by atoms with E-state index < -0.39 is 6.04 Å². The van der Waals surface area contributed by atoms with Crippen LogP contribution < -0.4 is 0 Å². The van der Waals surface area contributed by atoms with Gasteiger partial charge < -0.3 is 4.74 Å². The fourth-order valence-electron chi connectivity index (χ4n) is 3.54. The molecule has 2 heterocycles. The molecule has 4 unspecified atom stereocenters. The number of benzene rings is 1. The van der Waals surface area contributed by atoms with Gasteiger partial charge in [0.05, 0.1) is 18.4 Å². The Balaban J connectivity index is 1.72. The van der Waals surface area contributed by atoms with E-state index in [-0.39, 0.29) is 22.8 Å². The predicted molar refractivity (Wildman–Crippen MR) is 96.4 cm³/mol. The standard InChI is InChI=1S/C18H18BrN3O2/c1-2-24-18(23)16-12-9-6-10-13(12)22-17(20-16)14(19)15(21-22)11-7-4-3-5-8-11/h3-8,10,12-14,16H,2,9H2,1H3. The maximum atomic E-state index is 12.4. The molecule has 0 radical (unpaired) electrons. The highest BCUT2D eigenvalue weighted by Gasteiger charge is 2.48. The number of alkyl halides is 1. The van der Waals surface area contributed by atoms with Gasteiger partial charge in [0, 0.05) is 5.92 Å². The van der Waals surface area contributed by atoms with Crippen molar-refractivity contribution in [2.24, 2.45) is 16.0 Å². The Morgan fingerprint density at radius 1 is 1.38 bits per heavy atom. The molecular weight excluding hydrogens is 370 g/mol. The number of esters is 1. The number of halogens is 1. The molecular formula is C18H18BrN3O2. The molecule has 1 aromatic rings. The summed E-state index contributed by atoms with van der Waals surface area (Å²) in [5, 5.41) is 6.78. The second-order valence-electron chi connectivity index (χ2n) is 6.06. The Morgan fingerprint density at radius 3 is 2.92 bits per heavy atom. The maximum absolute atomic E-state index is 12.4. The van der Waals surface area contributed by atoms with Gasteiger partial charge in [-0.3, -0.25) is 4.99 Å². The zero-order valence-corrected chi connectivity index (χ0v) is 14.9.